The third kappa shape index (κ3) is 5.96. The van der Waals surface area contributed by atoms with Crippen molar-refractivity contribution in [2.45, 2.75) is 6.54 Å². The topological polar surface area (TPSA) is 115 Å². The van der Waals surface area contributed by atoms with E-state index in [-0.39, 0.29) is 80.1 Å². The second kappa shape index (κ2) is 12.6. The van der Waals surface area contributed by atoms with Gasteiger partial charge in [-0.2, -0.15) is 0 Å². The van der Waals surface area contributed by atoms with E-state index in [1.807, 2.05) is 11.5 Å². The first-order valence-corrected chi connectivity index (χ1v) is 10.7. The van der Waals surface area contributed by atoms with Crippen LogP contribution in [0.4, 0.5) is 13.2 Å². The molecule has 0 atom stereocenters. The molecular weight excluding hydrogens is 536 g/mol. The number of hydrogen-bond donors (Lipinski definition) is 2. The minimum atomic E-state index is -1.14. The molecule has 2 aromatic carbocycles. The van der Waals surface area contributed by atoms with Gasteiger partial charge in [0.1, 0.15) is 28.5 Å². The Balaban J connectivity index is 0.00000178. The SMILES string of the molecule is Cl.O=C(NOCCO)c1c(F)cc(-c2ccc3nnn(Cc4cc5cccnc5cc4F)c3n2)cc1F.[H-].[Na+]. The number of amides is 1. The number of carbonyl (C=O) groups excluding carboxylic acids is 1. The number of carbonyl (C=O) groups is 1. The number of hydrogen-bond acceptors (Lipinski definition) is 7. The van der Waals surface area contributed by atoms with Crippen LogP contribution < -0.4 is 35.0 Å². The van der Waals surface area contributed by atoms with Gasteiger partial charge in [-0.1, -0.05) is 11.3 Å². The van der Waals surface area contributed by atoms with Crippen molar-refractivity contribution >= 4 is 40.4 Å². The summed E-state index contributed by atoms with van der Waals surface area (Å²) in [6, 6.07) is 11.5. The predicted octanol–water partition coefficient (Wildman–Crippen LogP) is 0.699. The number of halogens is 4. The van der Waals surface area contributed by atoms with Crippen molar-refractivity contribution < 1.29 is 58.9 Å². The van der Waals surface area contributed by atoms with Crippen molar-refractivity contribution in [2.24, 2.45) is 0 Å². The largest absolute Gasteiger partial charge is 1.00 e. The van der Waals surface area contributed by atoms with Crippen molar-refractivity contribution in [3.8, 4) is 11.3 Å². The number of aromatic nitrogens is 5. The van der Waals surface area contributed by atoms with Crippen LogP contribution in [0.5, 0.6) is 0 Å². The summed E-state index contributed by atoms with van der Waals surface area (Å²) in [5.41, 5.74) is 2.81. The molecule has 0 fully saturated rings. The van der Waals surface area contributed by atoms with E-state index >= 15 is 0 Å². The van der Waals surface area contributed by atoms with Crippen LogP contribution in [0.25, 0.3) is 33.3 Å². The van der Waals surface area contributed by atoms with Crippen LogP contribution in [-0.4, -0.2) is 49.2 Å². The maximum Gasteiger partial charge on any atom is 1.00 e. The van der Waals surface area contributed by atoms with Gasteiger partial charge in [-0.3, -0.25) is 14.6 Å². The van der Waals surface area contributed by atoms with E-state index in [9.17, 15) is 18.0 Å². The van der Waals surface area contributed by atoms with Gasteiger partial charge in [-0.25, -0.2) is 28.3 Å². The Hall–Kier alpha value is -3.13. The summed E-state index contributed by atoms with van der Waals surface area (Å²) >= 11 is 0. The first-order chi connectivity index (χ1) is 17.4. The number of rotatable bonds is 7. The molecule has 3 heterocycles. The average Bonchev–Trinajstić information content (AvgIpc) is 3.26. The number of fused-ring (bicyclic) bond motifs is 2. The van der Waals surface area contributed by atoms with Gasteiger partial charge in [0, 0.05) is 28.8 Å². The second-order valence-corrected chi connectivity index (χ2v) is 7.74. The molecule has 5 rings (SSSR count). The minimum absolute atomic E-state index is 0. The third-order valence-corrected chi connectivity index (χ3v) is 5.37. The van der Waals surface area contributed by atoms with Gasteiger partial charge in [-0.05, 0) is 36.4 Å². The number of nitrogens with one attached hydrogen (secondary N) is 1. The number of aliphatic hydroxyl groups is 1. The molecule has 192 valence electrons. The molecule has 1 amide bonds. The molecule has 14 heteroatoms. The predicted molar refractivity (Wildman–Crippen MR) is 130 cm³/mol. The van der Waals surface area contributed by atoms with E-state index < -0.39 is 28.9 Å². The Labute approximate surface area is 243 Å². The molecule has 9 nitrogen and oxygen atoms in total. The summed E-state index contributed by atoms with van der Waals surface area (Å²) in [4.78, 5) is 25.2. The van der Waals surface area contributed by atoms with E-state index in [0.29, 0.717) is 16.6 Å². The van der Waals surface area contributed by atoms with Crippen molar-refractivity contribution in [3.05, 3.63) is 83.3 Å². The third-order valence-electron chi connectivity index (χ3n) is 5.37. The summed E-state index contributed by atoms with van der Waals surface area (Å²) < 4.78 is 45.3. The maximum atomic E-state index is 14.7. The van der Waals surface area contributed by atoms with Gasteiger partial charge in [0.25, 0.3) is 5.91 Å². The fourth-order valence-electron chi connectivity index (χ4n) is 3.70. The molecule has 0 spiro atoms. The molecule has 0 unspecified atom stereocenters. The smallest absolute Gasteiger partial charge is 1.00 e. The standard InChI is InChI=1S/C24H17F3N6O3.ClH.Na.H/c25-16-11-21-13(2-1-5-28-21)8-15(16)12-33-23-20(30-32-33)4-3-19(29-23)14-9-17(26)22(18(27)10-14)24(35)31-36-7-6-34;;;/h1-5,8-11,34H,6-7,12H2,(H,31,35);1H;;/q;;+1;-1. The number of nitrogens with zero attached hydrogens (tertiary/aromatic N) is 5. The van der Waals surface area contributed by atoms with Crippen LogP contribution in [0.3, 0.4) is 0 Å². The molecule has 0 saturated heterocycles. The van der Waals surface area contributed by atoms with Gasteiger partial charge in [0.2, 0.25) is 0 Å². The summed E-state index contributed by atoms with van der Waals surface area (Å²) in [5, 5.41) is 17.5. The minimum Gasteiger partial charge on any atom is -1.00 e. The van der Waals surface area contributed by atoms with Crippen LogP contribution in [0.15, 0.2) is 54.7 Å². The van der Waals surface area contributed by atoms with Gasteiger partial charge in [0.05, 0.1) is 31.0 Å². The average molecular weight is 555 g/mol. The van der Waals surface area contributed by atoms with Gasteiger partial charge in [-0.15, -0.1) is 17.5 Å². The van der Waals surface area contributed by atoms with E-state index in [2.05, 4.69) is 25.1 Å². The molecule has 3 aromatic heterocycles. The molecule has 0 aliphatic rings. The molecule has 0 saturated carbocycles. The van der Waals surface area contributed by atoms with Crippen LogP contribution in [0, 0.1) is 17.5 Å². The molecule has 5 aromatic rings. The Kier molecular flexibility index (Phi) is 9.77. The second-order valence-electron chi connectivity index (χ2n) is 7.74. The Bertz CT molecular complexity index is 1600. The van der Waals surface area contributed by atoms with E-state index in [1.165, 1.54) is 16.8 Å². The molecule has 0 bridgehead atoms. The van der Waals surface area contributed by atoms with Crippen molar-refractivity contribution in [3.63, 3.8) is 0 Å². The van der Waals surface area contributed by atoms with Crippen molar-refractivity contribution in [1.29, 1.82) is 0 Å². The Morgan fingerprint density at radius 2 is 1.82 bits per heavy atom. The summed E-state index contributed by atoms with van der Waals surface area (Å²) in [6.45, 7) is -0.605. The zero-order chi connectivity index (χ0) is 25.2. The Morgan fingerprint density at radius 1 is 1.05 bits per heavy atom. The fourth-order valence-corrected chi connectivity index (χ4v) is 3.70. The zero-order valence-electron chi connectivity index (χ0n) is 20.9. The molecule has 0 aliphatic heterocycles. The van der Waals surface area contributed by atoms with Gasteiger partial charge >= 0.3 is 29.6 Å². The quantitative estimate of drug-likeness (QED) is 0.173. The molecule has 0 aliphatic carbocycles. The zero-order valence-corrected chi connectivity index (χ0v) is 22.7. The van der Waals surface area contributed by atoms with Gasteiger partial charge in [0.15, 0.2) is 5.65 Å². The monoisotopic (exact) mass is 554 g/mol. The molecule has 38 heavy (non-hydrogen) atoms. The normalized spacial score (nSPS) is 10.7. The van der Waals surface area contributed by atoms with Crippen LogP contribution in [-0.2, 0) is 11.4 Å². The number of hydroxylamine groups is 1. The first kappa shape index (κ1) is 29.4. The van der Waals surface area contributed by atoms with Crippen LogP contribution in [0.2, 0.25) is 0 Å². The number of pyridine rings is 2. The number of benzene rings is 2. The van der Waals surface area contributed by atoms with Crippen molar-refractivity contribution in [2.75, 3.05) is 13.2 Å². The van der Waals surface area contributed by atoms with E-state index in [1.54, 1.807) is 24.4 Å². The molecule has 0 radical (unpaired) electrons. The van der Waals surface area contributed by atoms with Crippen LogP contribution >= 0.6 is 12.4 Å². The van der Waals surface area contributed by atoms with Crippen LogP contribution in [0.1, 0.15) is 17.3 Å². The van der Waals surface area contributed by atoms with Crippen molar-refractivity contribution in [1.82, 2.24) is 30.4 Å². The van der Waals surface area contributed by atoms with E-state index in [4.69, 9.17) is 5.11 Å². The summed E-state index contributed by atoms with van der Waals surface area (Å²) in [5.74, 6) is -3.86. The molecule has 2 N–H and O–H groups in total. The first-order valence-electron chi connectivity index (χ1n) is 10.7. The summed E-state index contributed by atoms with van der Waals surface area (Å²) in [6.07, 6.45) is 1.58. The van der Waals surface area contributed by atoms with Gasteiger partial charge < -0.3 is 6.53 Å². The molecular formula is C24H19ClF3N6NaO3. The van der Waals surface area contributed by atoms with E-state index in [0.717, 1.165) is 17.5 Å². The Morgan fingerprint density at radius 3 is 2.55 bits per heavy atom. The fraction of sp³-hybridized carbons (Fsp3) is 0.125. The number of aliphatic hydroxyl groups excluding tert-OH is 1. The maximum absolute atomic E-state index is 14.7. The summed E-state index contributed by atoms with van der Waals surface area (Å²) in [7, 11) is 0.